The number of benzene rings is 2. The monoisotopic (exact) mass is 522 g/mol. The zero-order valence-corrected chi connectivity index (χ0v) is 20.8. The van der Waals surface area contributed by atoms with Crippen molar-refractivity contribution in [3.8, 4) is 22.8 Å². The second-order valence-corrected chi connectivity index (χ2v) is 9.40. The average Bonchev–Trinajstić information content (AvgIpc) is 3.40. The molecule has 1 aliphatic rings. The lowest BCUT2D eigenvalue weighted by Crippen LogP contribution is -2.28. The van der Waals surface area contributed by atoms with Crippen LogP contribution >= 0.6 is 23.2 Å². The van der Waals surface area contributed by atoms with Gasteiger partial charge in [0.15, 0.2) is 11.5 Å². The molecule has 0 spiro atoms. The molecule has 4 aromatic rings. The number of amides is 1. The van der Waals surface area contributed by atoms with E-state index in [-0.39, 0.29) is 17.6 Å². The van der Waals surface area contributed by atoms with Gasteiger partial charge in [-0.3, -0.25) is 9.89 Å². The van der Waals surface area contributed by atoms with E-state index in [1.165, 1.54) is 0 Å². The van der Waals surface area contributed by atoms with Crippen LogP contribution in [0.5, 0.6) is 0 Å². The standard InChI is InChI=1S/C25H24Cl2N8O/c26-18-7-6-14(9-19(18)27)11-31-25(36)16-4-1-3-15(10-16)20-13-30-22(28)21(32-20)24-33-23(34-35-24)17-5-2-8-29-12-17/h1,3-4,6-7,9-10,13,17,29H,2,5,8,11-12H2,(H2,28,30)(H,31,36)(H,33,34,35)/t17-/m0/s1. The van der Waals surface area contributed by atoms with Crippen LogP contribution in [0.1, 0.15) is 40.5 Å². The summed E-state index contributed by atoms with van der Waals surface area (Å²) in [4.78, 5) is 26.4. The molecule has 0 unspecified atom stereocenters. The summed E-state index contributed by atoms with van der Waals surface area (Å²) in [6.07, 6.45) is 3.71. The number of anilines is 1. The predicted molar refractivity (Wildman–Crippen MR) is 140 cm³/mol. The van der Waals surface area contributed by atoms with E-state index < -0.39 is 0 Å². The summed E-state index contributed by atoms with van der Waals surface area (Å²) in [5, 5.41) is 14.5. The number of aromatic amines is 1. The Labute approximate surface area is 217 Å². The molecule has 1 aliphatic heterocycles. The van der Waals surface area contributed by atoms with Crippen molar-refractivity contribution in [2.24, 2.45) is 0 Å². The molecule has 2 aromatic carbocycles. The molecule has 1 atom stereocenters. The van der Waals surface area contributed by atoms with Gasteiger partial charge >= 0.3 is 0 Å². The van der Waals surface area contributed by atoms with Gasteiger partial charge in [-0.05, 0) is 49.2 Å². The largest absolute Gasteiger partial charge is 0.382 e. The fourth-order valence-electron chi connectivity index (χ4n) is 4.10. The normalized spacial score (nSPS) is 15.6. The summed E-state index contributed by atoms with van der Waals surface area (Å²) in [5.74, 6) is 1.49. The maximum Gasteiger partial charge on any atom is 0.251 e. The topological polar surface area (TPSA) is 134 Å². The summed E-state index contributed by atoms with van der Waals surface area (Å²) >= 11 is 12.0. The molecule has 2 aromatic heterocycles. The number of aromatic nitrogens is 5. The van der Waals surface area contributed by atoms with E-state index in [9.17, 15) is 4.79 Å². The second-order valence-electron chi connectivity index (χ2n) is 8.59. The molecule has 184 valence electrons. The van der Waals surface area contributed by atoms with Crippen LogP contribution in [-0.2, 0) is 6.54 Å². The lowest BCUT2D eigenvalue weighted by Gasteiger charge is -2.20. The molecule has 1 amide bonds. The van der Waals surface area contributed by atoms with E-state index in [2.05, 4.69) is 35.8 Å². The van der Waals surface area contributed by atoms with Gasteiger partial charge in [-0.2, -0.15) is 5.10 Å². The van der Waals surface area contributed by atoms with Crippen LogP contribution in [0, 0.1) is 0 Å². The highest BCUT2D eigenvalue weighted by Gasteiger charge is 2.21. The van der Waals surface area contributed by atoms with Crippen LogP contribution in [0.25, 0.3) is 22.8 Å². The molecule has 5 rings (SSSR count). The van der Waals surface area contributed by atoms with Gasteiger partial charge in [-0.25, -0.2) is 15.0 Å². The molecule has 0 aliphatic carbocycles. The summed E-state index contributed by atoms with van der Waals surface area (Å²) in [6, 6.07) is 12.4. The third kappa shape index (κ3) is 5.33. The van der Waals surface area contributed by atoms with Crippen LogP contribution in [0.2, 0.25) is 10.0 Å². The van der Waals surface area contributed by atoms with E-state index in [1.807, 2.05) is 12.1 Å². The Bertz CT molecular complexity index is 1400. The van der Waals surface area contributed by atoms with Crippen LogP contribution in [0.15, 0.2) is 48.7 Å². The van der Waals surface area contributed by atoms with E-state index in [1.54, 1.807) is 36.5 Å². The van der Waals surface area contributed by atoms with Gasteiger partial charge in [0.25, 0.3) is 5.91 Å². The first-order chi connectivity index (χ1) is 17.5. The number of nitrogens with zero attached hydrogens (tertiary/aromatic N) is 4. The fraction of sp³-hybridized carbons (Fsp3) is 0.240. The van der Waals surface area contributed by atoms with Crippen molar-refractivity contribution in [3.05, 3.63) is 75.7 Å². The lowest BCUT2D eigenvalue weighted by molar-refractivity contribution is 0.0951. The minimum Gasteiger partial charge on any atom is -0.382 e. The zero-order valence-electron chi connectivity index (χ0n) is 19.3. The van der Waals surface area contributed by atoms with E-state index in [0.717, 1.165) is 42.9 Å². The summed E-state index contributed by atoms with van der Waals surface area (Å²) in [7, 11) is 0. The van der Waals surface area contributed by atoms with E-state index in [0.29, 0.717) is 39.4 Å². The first-order valence-corrected chi connectivity index (χ1v) is 12.3. The van der Waals surface area contributed by atoms with Gasteiger partial charge in [0.05, 0.1) is 21.9 Å². The molecule has 3 heterocycles. The van der Waals surface area contributed by atoms with Crippen molar-refractivity contribution >= 4 is 34.9 Å². The maximum atomic E-state index is 12.8. The summed E-state index contributed by atoms with van der Waals surface area (Å²) in [6.45, 7) is 2.19. The van der Waals surface area contributed by atoms with Crippen LogP contribution in [-0.4, -0.2) is 44.1 Å². The Morgan fingerprint density at radius 1 is 1.14 bits per heavy atom. The van der Waals surface area contributed by atoms with E-state index in [4.69, 9.17) is 28.9 Å². The molecule has 36 heavy (non-hydrogen) atoms. The number of piperidine rings is 1. The molecular formula is C25H24Cl2N8O. The van der Waals surface area contributed by atoms with Crippen molar-refractivity contribution in [1.29, 1.82) is 0 Å². The average molecular weight is 523 g/mol. The highest BCUT2D eigenvalue weighted by Crippen LogP contribution is 2.27. The number of rotatable bonds is 6. The van der Waals surface area contributed by atoms with Gasteiger partial charge in [0.2, 0.25) is 5.82 Å². The third-order valence-corrected chi connectivity index (χ3v) is 6.80. The van der Waals surface area contributed by atoms with Crippen molar-refractivity contribution in [2.45, 2.75) is 25.3 Å². The van der Waals surface area contributed by atoms with Gasteiger partial charge in [-0.15, -0.1) is 0 Å². The quantitative estimate of drug-likeness (QED) is 0.297. The molecule has 0 radical (unpaired) electrons. The van der Waals surface area contributed by atoms with Crippen molar-refractivity contribution < 1.29 is 4.79 Å². The smallest absolute Gasteiger partial charge is 0.251 e. The highest BCUT2D eigenvalue weighted by atomic mass is 35.5. The first-order valence-electron chi connectivity index (χ1n) is 11.6. The van der Waals surface area contributed by atoms with Crippen LogP contribution in [0.4, 0.5) is 5.82 Å². The van der Waals surface area contributed by atoms with Gasteiger partial charge in [-0.1, -0.05) is 41.4 Å². The Balaban J connectivity index is 1.34. The maximum absolute atomic E-state index is 12.8. The number of hydrogen-bond donors (Lipinski definition) is 4. The minimum atomic E-state index is -0.230. The van der Waals surface area contributed by atoms with E-state index >= 15 is 0 Å². The number of carbonyl (C=O) groups excluding carboxylic acids is 1. The number of nitrogens with one attached hydrogen (secondary N) is 3. The van der Waals surface area contributed by atoms with Gasteiger partial charge in [0, 0.05) is 30.1 Å². The predicted octanol–water partition coefficient (Wildman–Crippen LogP) is 4.21. The third-order valence-electron chi connectivity index (χ3n) is 6.06. The SMILES string of the molecule is Nc1ncc(-c2cccc(C(=O)NCc3ccc(Cl)c(Cl)c3)c2)nc1-c1n[nH]c([C@H]2CCCNC2)n1. The second kappa shape index (κ2) is 10.6. The molecule has 0 bridgehead atoms. The van der Waals surface area contributed by atoms with Crippen molar-refractivity contribution in [3.63, 3.8) is 0 Å². The summed E-state index contributed by atoms with van der Waals surface area (Å²) < 4.78 is 0. The summed E-state index contributed by atoms with van der Waals surface area (Å²) in [5.41, 5.74) is 9.12. The fourth-order valence-corrected chi connectivity index (χ4v) is 4.42. The Morgan fingerprint density at radius 3 is 2.83 bits per heavy atom. The molecule has 1 saturated heterocycles. The number of carbonyl (C=O) groups is 1. The number of halogens is 2. The van der Waals surface area contributed by atoms with Crippen molar-refractivity contribution in [1.82, 2.24) is 35.8 Å². The first kappa shape index (κ1) is 24.2. The lowest BCUT2D eigenvalue weighted by atomic mass is 9.99. The molecule has 9 nitrogen and oxygen atoms in total. The molecule has 11 heteroatoms. The Kier molecular flexibility index (Phi) is 7.13. The van der Waals surface area contributed by atoms with Crippen LogP contribution in [0.3, 0.4) is 0 Å². The Morgan fingerprint density at radius 2 is 2.03 bits per heavy atom. The number of H-pyrrole nitrogens is 1. The van der Waals surface area contributed by atoms with Crippen molar-refractivity contribution in [2.75, 3.05) is 18.8 Å². The minimum absolute atomic E-state index is 0.230. The molecular weight excluding hydrogens is 499 g/mol. The molecule has 5 N–H and O–H groups in total. The Hall–Kier alpha value is -3.53. The van der Waals surface area contributed by atoms with Crippen LogP contribution < -0.4 is 16.4 Å². The number of nitrogen functional groups attached to an aromatic ring is 1. The number of nitrogens with two attached hydrogens (primary N) is 1. The molecule has 1 fully saturated rings. The molecule has 0 saturated carbocycles. The van der Waals surface area contributed by atoms with Gasteiger partial charge < -0.3 is 16.4 Å². The zero-order chi connectivity index (χ0) is 25.1. The highest BCUT2D eigenvalue weighted by molar-refractivity contribution is 6.42. The van der Waals surface area contributed by atoms with Gasteiger partial charge in [0.1, 0.15) is 5.82 Å². The number of hydrogen-bond acceptors (Lipinski definition) is 7.